The lowest BCUT2D eigenvalue weighted by atomic mass is 10.2. The molecule has 0 amide bonds. The maximum atomic E-state index is 13.6. The van der Waals surface area contributed by atoms with E-state index < -0.39 is 11.4 Å². The van der Waals surface area contributed by atoms with Crippen molar-refractivity contribution in [1.82, 2.24) is 0 Å². The SMILES string of the molecule is N#CC(C#N)=C(C#N)Nc1cc(I)c(Cl)cc1F. The van der Waals surface area contributed by atoms with Crippen LogP contribution in [0.5, 0.6) is 0 Å². The molecular formula is C11H3ClFIN4. The summed E-state index contributed by atoms with van der Waals surface area (Å²) in [5.41, 5.74) is -0.748. The van der Waals surface area contributed by atoms with Gasteiger partial charge < -0.3 is 5.32 Å². The van der Waals surface area contributed by atoms with Crippen LogP contribution in [-0.2, 0) is 0 Å². The summed E-state index contributed by atoms with van der Waals surface area (Å²) in [6, 6.07) is 7.20. The van der Waals surface area contributed by atoms with E-state index in [4.69, 9.17) is 27.4 Å². The van der Waals surface area contributed by atoms with Crippen LogP contribution in [-0.4, -0.2) is 0 Å². The van der Waals surface area contributed by atoms with E-state index >= 15 is 0 Å². The number of allylic oxidation sites excluding steroid dienone is 2. The molecule has 0 fully saturated rings. The van der Waals surface area contributed by atoms with Crippen molar-refractivity contribution in [2.24, 2.45) is 0 Å². The lowest BCUT2D eigenvalue weighted by Gasteiger charge is -2.07. The van der Waals surface area contributed by atoms with Gasteiger partial charge >= 0.3 is 0 Å². The Labute approximate surface area is 121 Å². The molecular weight excluding hydrogens is 370 g/mol. The van der Waals surface area contributed by atoms with E-state index in [0.29, 0.717) is 3.57 Å². The number of nitrogens with one attached hydrogen (secondary N) is 1. The number of anilines is 1. The molecule has 1 aromatic carbocycles. The van der Waals surface area contributed by atoms with Crippen molar-refractivity contribution in [2.45, 2.75) is 0 Å². The monoisotopic (exact) mass is 372 g/mol. The molecule has 0 aromatic heterocycles. The third-order valence-corrected chi connectivity index (χ3v) is 3.38. The number of nitriles is 3. The molecule has 0 spiro atoms. The quantitative estimate of drug-likeness (QED) is 0.490. The Morgan fingerprint density at radius 2 is 1.83 bits per heavy atom. The third kappa shape index (κ3) is 3.10. The highest BCUT2D eigenvalue weighted by molar-refractivity contribution is 14.1. The summed E-state index contributed by atoms with van der Waals surface area (Å²) in [5.74, 6) is -0.677. The highest BCUT2D eigenvalue weighted by Gasteiger charge is 2.11. The Balaban J connectivity index is 3.26. The minimum absolute atomic E-state index is 0.0247. The van der Waals surface area contributed by atoms with Crippen LogP contribution in [0, 0.1) is 43.4 Å². The lowest BCUT2D eigenvalue weighted by molar-refractivity contribution is 0.631. The summed E-state index contributed by atoms with van der Waals surface area (Å²) in [7, 11) is 0. The van der Waals surface area contributed by atoms with Crippen LogP contribution in [0.15, 0.2) is 23.4 Å². The van der Waals surface area contributed by atoms with Gasteiger partial charge in [0.2, 0.25) is 0 Å². The van der Waals surface area contributed by atoms with Crippen LogP contribution in [0.25, 0.3) is 0 Å². The molecule has 0 heterocycles. The second kappa shape index (κ2) is 6.20. The lowest BCUT2D eigenvalue weighted by Crippen LogP contribution is -2.03. The molecule has 0 bridgehead atoms. The van der Waals surface area contributed by atoms with Gasteiger partial charge in [0.25, 0.3) is 0 Å². The molecule has 0 saturated heterocycles. The first kappa shape index (κ1) is 14.2. The Morgan fingerprint density at radius 3 is 2.33 bits per heavy atom. The summed E-state index contributed by atoms with van der Waals surface area (Å²) in [4.78, 5) is 0. The molecule has 1 rings (SSSR count). The van der Waals surface area contributed by atoms with Crippen LogP contribution in [0.1, 0.15) is 0 Å². The van der Waals surface area contributed by atoms with Crippen molar-refractivity contribution in [3.05, 3.63) is 37.8 Å². The summed E-state index contributed by atoms with van der Waals surface area (Å²) >= 11 is 7.61. The summed E-state index contributed by atoms with van der Waals surface area (Å²) in [6.07, 6.45) is 0. The van der Waals surface area contributed by atoms with Crippen molar-refractivity contribution in [3.8, 4) is 18.2 Å². The van der Waals surface area contributed by atoms with E-state index in [0.717, 1.165) is 6.07 Å². The fraction of sp³-hybridized carbons (Fsp3) is 0. The molecule has 0 saturated carbocycles. The van der Waals surface area contributed by atoms with Crippen molar-refractivity contribution < 1.29 is 4.39 Å². The van der Waals surface area contributed by atoms with Crippen LogP contribution in [0.3, 0.4) is 0 Å². The molecule has 4 nitrogen and oxygen atoms in total. The van der Waals surface area contributed by atoms with E-state index in [1.165, 1.54) is 6.07 Å². The minimum atomic E-state index is -0.677. The van der Waals surface area contributed by atoms with Crippen molar-refractivity contribution in [2.75, 3.05) is 5.32 Å². The van der Waals surface area contributed by atoms with Gasteiger partial charge in [0.15, 0.2) is 5.57 Å². The summed E-state index contributed by atoms with van der Waals surface area (Å²) in [5, 5.41) is 28.7. The van der Waals surface area contributed by atoms with E-state index in [2.05, 4.69) is 5.32 Å². The van der Waals surface area contributed by atoms with Crippen molar-refractivity contribution in [3.63, 3.8) is 0 Å². The molecule has 88 valence electrons. The number of rotatable bonds is 2. The predicted molar refractivity (Wildman–Crippen MR) is 71.6 cm³/mol. The molecule has 0 aliphatic carbocycles. The molecule has 18 heavy (non-hydrogen) atoms. The van der Waals surface area contributed by atoms with Gasteiger partial charge in [-0.05, 0) is 34.7 Å². The molecule has 0 atom stereocenters. The largest absolute Gasteiger partial charge is 0.343 e. The van der Waals surface area contributed by atoms with Crippen LogP contribution in [0.4, 0.5) is 10.1 Å². The standard InChI is InChI=1S/C11H3ClFIN4/c12-7-1-8(13)10(2-9(7)14)18-11(5-17)6(3-15)4-16/h1-2,18H. The predicted octanol–water partition coefficient (Wildman–Crippen LogP) is 3.32. The average molecular weight is 373 g/mol. The van der Waals surface area contributed by atoms with E-state index in [1.54, 1.807) is 18.2 Å². The number of halogens is 3. The molecule has 0 aliphatic rings. The fourth-order valence-corrected chi connectivity index (χ4v) is 1.65. The van der Waals surface area contributed by atoms with Crippen LogP contribution >= 0.6 is 34.2 Å². The maximum absolute atomic E-state index is 13.6. The number of hydrogen-bond acceptors (Lipinski definition) is 4. The third-order valence-electron chi connectivity index (χ3n) is 1.86. The smallest absolute Gasteiger partial charge is 0.163 e. The average Bonchev–Trinajstić information content (AvgIpc) is 2.35. The zero-order chi connectivity index (χ0) is 13.7. The Bertz CT molecular complexity index is 633. The summed E-state index contributed by atoms with van der Waals surface area (Å²) in [6.45, 7) is 0. The second-order valence-corrected chi connectivity index (χ2v) is 4.53. The summed E-state index contributed by atoms with van der Waals surface area (Å²) < 4.78 is 14.1. The van der Waals surface area contributed by atoms with Gasteiger partial charge in [0.05, 0.1) is 10.7 Å². The second-order valence-electron chi connectivity index (χ2n) is 2.96. The first-order valence-electron chi connectivity index (χ1n) is 4.39. The van der Waals surface area contributed by atoms with Gasteiger partial charge in [0, 0.05) is 3.57 Å². The first-order chi connectivity index (χ1) is 8.53. The Morgan fingerprint density at radius 1 is 1.22 bits per heavy atom. The minimum Gasteiger partial charge on any atom is -0.343 e. The van der Waals surface area contributed by atoms with Gasteiger partial charge in [-0.2, -0.15) is 15.8 Å². The van der Waals surface area contributed by atoms with E-state index in [1.807, 2.05) is 22.6 Å². The van der Waals surface area contributed by atoms with Crippen LogP contribution in [0.2, 0.25) is 5.02 Å². The number of hydrogen-bond donors (Lipinski definition) is 1. The Kier molecular flexibility index (Phi) is 4.91. The first-order valence-corrected chi connectivity index (χ1v) is 5.85. The highest BCUT2D eigenvalue weighted by atomic mass is 127. The van der Waals surface area contributed by atoms with Gasteiger partial charge in [-0.1, -0.05) is 11.6 Å². The molecule has 0 aliphatic heterocycles. The fourth-order valence-electron chi connectivity index (χ4n) is 1.04. The van der Waals surface area contributed by atoms with Gasteiger partial charge in [-0.25, -0.2) is 4.39 Å². The molecule has 0 radical (unpaired) electrons. The van der Waals surface area contributed by atoms with Crippen LogP contribution < -0.4 is 5.32 Å². The topological polar surface area (TPSA) is 83.4 Å². The molecule has 0 unspecified atom stereocenters. The van der Waals surface area contributed by atoms with Gasteiger partial charge in [0.1, 0.15) is 29.7 Å². The van der Waals surface area contributed by atoms with Gasteiger partial charge in [-0.15, -0.1) is 0 Å². The number of benzene rings is 1. The zero-order valence-corrected chi connectivity index (χ0v) is 11.5. The Hall–Kier alpha value is -1.82. The maximum Gasteiger partial charge on any atom is 0.163 e. The van der Waals surface area contributed by atoms with E-state index in [-0.39, 0.29) is 16.4 Å². The number of nitrogens with zero attached hydrogens (tertiary/aromatic N) is 3. The molecule has 1 aromatic rings. The van der Waals surface area contributed by atoms with Gasteiger partial charge in [-0.3, -0.25) is 0 Å². The molecule has 7 heteroatoms. The zero-order valence-electron chi connectivity index (χ0n) is 8.63. The van der Waals surface area contributed by atoms with E-state index in [9.17, 15) is 4.39 Å². The van der Waals surface area contributed by atoms with Crippen molar-refractivity contribution >= 4 is 39.9 Å². The highest BCUT2D eigenvalue weighted by Crippen LogP contribution is 2.26. The van der Waals surface area contributed by atoms with Crippen molar-refractivity contribution in [1.29, 1.82) is 15.8 Å². The molecule has 1 N–H and O–H groups in total. The normalized spacial score (nSPS) is 8.67.